The number of carboxylic acids is 1. The maximum atomic E-state index is 11.7. The zero-order valence-electron chi connectivity index (χ0n) is 22.3. The van der Waals surface area contributed by atoms with Crippen LogP contribution in [0.3, 0.4) is 0 Å². The van der Waals surface area contributed by atoms with Crippen molar-refractivity contribution in [1.82, 2.24) is 0 Å². The molecule has 0 radical (unpaired) electrons. The molecule has 0 saturated heterocycles. The van der Waals surface area contributed by atoms with E-state index in [4.69, 9.17) is 4.74 Å². The van der Waals surface area contributed by atoms with Crippen LogP contribution in [-0.2, 0) is 0 Å². The van der Waals surface area contributed by atoms with Crippen molar-refractivity contribution in [3.63, 3.8) is 0 Å². The molecule has 0 saturated carbocycles. The molecule has 2 rings (SSSR count). The molecule has 0 atom stereocenters. The highest BCUT2D eigenvalue weighted by atomic mass is 16.5. The average Bonchev–Trinajstić information content (AvgIpc) is 2.89. The summed E-state index contributed by atoms with van der Waals surface area (Å²) >= 11 is 0. The van der Waals surface area contributed by atoms with Gasteiger partial charge in [-0.3, -0.25) is 0 Å². The third kappa shape index (κ3) is 12.0. The first kappa shape index (κ1) is 30.4. The first-order chi connectivity index (χ1) is 16.9. The minimum atomic E-state index is -1.31. The van der Waals surface area contributed by atoms with Gasteiger partial charge in [-0.25, -0.2) is 4.79 Å². The number of quaternary nitrogens is 1. The molecule has 0 aromatic heterocycles. The molecule has 0 aliphatic heterocycles. The number of hydrogen-bond acceptors (Lipinski definition) is 4. The van der Waals surface area contributed by atoms with Crippen LogP contribution in [0.1, 0.15) is 99.8 Å². The van der Waals surface area contributed by atoms with Crippen LogP contribution >= 0.6 is 0 Å². The second-order valence-corrected chi connectivity index (χ2v) is 9.22. The van der Waals surface area contributed by atoms with Gasteiger partial charge in [-0.1, -0.05) is 83.7 Å². The van der Waals surface area contributed by atoms with Gasteiger partial charge in [-0.2, -0.15) is 0 Å². The summed E-state index contributed by atoms with van der Waals surface area (Å²) in [5.74, 6) is -1.68. The lowest BCUT2D eigenvalue weighted by molar-refractivity contribution is -0.929. The van der Waals surface area contributed by atoms with Gasteiger partial charge in [0, 0.05) is 5.56 Å². The Hall–Kier alpha value is -2.66. The summed E-state index contributed by atoms with van der Waals surface area (Å²) in [4.78, 5) is 22.4. The lowest BCUT2D eigenvalue weighted by atomic mass is 10.1. The summed E-state index contributed by atoms with van der Waals surface area (Å²) < 4.78 is 6.48. The van der Waals surface area contributed by atoms with Crippen molar-refractivity contribution >= 4 is 11.9 Å². The van der Waals surface area contributed by atoms with Crippen LogP contribution in [0.25, 0.3) is 0 Å². The molecule has 0 aliphatic carbocycles. The van der Waals surface area contributed by atoms with E-state index >= 15 is 0 Å². The fraction of sp³-hybridized carbons (Fsp3) is 0.533. The first-order valence-corrected chi connectivity index (χ1v) is 13.3. The van der Waals surface area contributed by atoms with E-state index in [2.05, 4.69) is 27.7 Å². The molecule has 0 unspecified atom stereocenters. The van der Waals surface area contributed by atoms with E-state index in [9.17, 15) is 14.7 Å². The van der Waals surface area contributed by atoms with Crippen LogP contribution in [-0.4, -0.2) is 42.6 Å². The predicted octanol–water partition coefficient (Wildman–Crippen LogP) is 6.27. The molecule has 5 heteroatoms. The minimum Gasteiger partial charge on any atom is -0.545 e. The summed E-state index contributed by atoms with van der Waals surface area (Å²) in [5.41, 5.74) is 0.365. The number of hydrogen-bond donors (Lipinski definition) is 0. The van der Waals surface area contributed by atoms with E-state index in [-0.39, 0.29) is 11.3 Å². The third-order valence-corrected chi connectivity index (χ3v) is 6.23. The molecule has 0 spiro atoms. The molecule has 2 aromatic rings. The maximum absolute atomic E-state index is 11.7. The van der Waals surface area contributed by atoms with Crippen molar-refractivity contribution in [3.8, 4) is 5.75 Å². The van der Waals surface area contributed by atoms with Gasteiger partial charge in [0.25, 0.3) is 0 Å². The molecular formula is C30H45NO4. The number of ether oxygens (including phenoxy) is 1. The number of nitrogens with zero attached hydrogens (tertiary/aromatic N) is 1. The van der Waals surface area contributed by atoms with Crippen LogP contribution in [0, 0.1) is 0 Å². The van der Waals surface area contributed by atoms with Gasteiger partial charge < -0.3 is 19.1 Å². The summed E-state index contributed by atoms with van der Waals surface area (Å²) in [6.07, 6.45) is 11.1. The van der Waals surface area contributed by atoms with Crippen molar-refractivity contribution in [2.45, 2.75) is 79.1 Å². The molecule has 0 N–H and O–H groups in total. The summed E-state index contributed by atoms with van der Waals surface area (Å²) in [5, 5.41) is 10.7. The number of rotatable bonds is 15. The Morgan fingerprint density at radius 3 is 1.57 bits per heavy atom. The van der Waals surface area contributed by atoms with Crippen molar-refractivity contribution in [2.75, 3.05) is 26.2 Å². The van der Waals surface area contributed by atoms with E-state index in [1.165, 1.54) is 106 Å². The predicted molar refractivity (Wildman–Crippen MR) is 142 cm³/mol. The molecule has 5 nitrogen and oxygen atoms in total. The van der Waals surface area contributed by atoms with E-state index in [0.717, 1.165) is 0 Å². The molecule has 35 heavy (non-hydrogen) atoms. The number of aromatic carboxylic acids is 1. The Morgan fingerprint density at radius 2 is 1.14 bits per heavy atom. The summed E-state index contributed by atoms with van der Waals surface area (Å²) in [6, 6.07) is 14.1. The minimum absolute atomic E-state index is 0.0339. The van der Waals surface area contributed by atoms with Crippen LogP contribution in [0.4, 0.5) is 0 Å². The molecule has 0 aliphatic rings. The lowest BCUT2D eigenvalue weighted by Gasteiger charge is -2.39. The van der Waals surface area contributed by atoms with Gasteiger partial charge >= 0.3 is 5.97 Å². The smallest absolute Gasteiger partial charge is 0.343 e. The van der Waals surface area contributed by atoms with E-state index in [1.54, 1.807) is 30.3 Å². The number of benzene rings is 2. The van der Waals surface area contributed by atoms with Crippen molar-refractivity contribution in [1.29, 1.82) is 0 Å². The van der Waals surface area contributed by atoms with Crippen molar-refractivity contribution in [2.24, 2.45) is 0 Å². The third-order valence-electron chi connectivity index (χ3n) is 6.23. The lowest BCUT2D eigenvalue weighted by Crippen LogP contribution is -2.50. The van der Waals surface area contributed by atoms with Gasteiger partial charge in [-0.15, -0.1) is 0 Å². The Morgan fingerprint density at radius 1 is 0.686 bits per heavy atom. The number of esters is 1. The van der Waals surface area contributed by atoms with Gasteiger partial charge in [0.05, 0.1) is 37.7 Å². The van der Waals surface area contributed by atoms with E-state index < -0.39 is 11.9 Å². The van der Waals surface area contributed by atoms with Crippen LogP contribution in [0.5, 0.6) is 5.75 Å². The largest absolute Gasteiger partial charge is 0.545 e. The van der Waals surface area contributed by atoms with E-state index in [0.29, 0.717) is 5.56 Å². The van der Waals surface area contributed by atoms with Crippen molar-refractivity contribution < 1.29 is 23.9 Å². The maximum Gasteiger partial charge on any atom is 0.343 e. The zero-order chi connectivity index (χ0) is 25.9. The Kier molecular flexibility index (Phi) is 15.4. The quantitative estimate of drug-likeness (QED) is 0.170. The molecule has 0 heterocycles. The zero-order valence-corrected chi connectivity index (χ0v) is 22.3. The monoisotopic (exact) mass is 483 g/mol. The molecular weight excluding hydrogens is 438 g/mol. The highest BCUT2D eigenvalue weighted by Gasteiger charge is 2.24. The summed E-state index contributed by atoms with van der Waals surface area (Å²) in [6.45, 7) is 15.0. The molecule has 0 bridgehead atoms. The number of carbonyl (C=O) groups is 2. The van der Waals surface area contributed by atoms with Crippen LogP contribution in [0.15, 0.2) is 54.6 Å². The number of unbranched alkanes of at least 4 members (excludes halogenated alkanes) is 4. The standard InChI is InChI=1S/C16H36N.C14H10O4/c1-5-9-13-17(14-10-6-2,15-11-7-3)16-12-8-4;15-13(16)11-7-4-8-12(9-11)18-14(17)10-5-2-1-3-6-10/h5-16H2,1-4H3;1-9H,(H,15,16)/q+1;/p-1. The van der Waals surface area contributed by atoms with Gasteiger partial charge in [0.15, 0.2) is 0 Å². The highest BCUT2D eigenvalue weighted by Crippen LogP contribution is 2.17. The SMILES string of the molecule is CCCC[N+](CCCC)(CCCC)CCCC.O=C([O-])c1cccc(OC(=O)c2ccccc2)c1. The van der Waals surface area contributed by atoms with Crippen LogP contribution in [0.2, 0.25) is 0 Å². The Bertz CT molecular complexity index is 813. The topological polar surface area (TPSA) is 66.4 Å². The molecule has 194 valence electrons. The second-order valence-electron chi connectivity index (χ2n) is 9.22. The highest BCUT2D eigenvalue weighted by molar-refractivity contribution is 5.91. The second kappa shape index (κ2) is 17.7. The number of carboxylic acid groups (broad SMARTS) is 1. The van der Waals surface area contributed by atoms with Gasteiger partial charge in [-0.05, 0) is 49.9 Å². The van der Waals surface area contributed by atoms with E-state index in [1.807, 2.05) is 0 Å². The molecule has 0 amide bonds. The average molecular weight is 484 g/mol. The Balaban J connectivity index is 0.000000351. The fourth-order valence-electron chi connectivity index (χ4n) is 4.07. The van der Waals surface area contributed by atoms with Gasteiger partial charge in [0.1, 0.15) is 5.75 Å². The normalized spacial score (nSPS) is 10.9. The Labute approximate surface area is 212 Å². The van der Waals surface area contributed by atoms with Crippen molar-refractivity contribution in [3.05, 3.63) is 65.7 Å². The summed E-state index contributed by atoms with van der Waals surface area (Å²) in [7, 11) is 0. The fourth-order valence-corrected chi connectivity index (χ4v) is 4.07. The molecule has 2 aromatic carbocycles. The first-order valence-electron chi connectivity index (χ1n) is 13.3. The van der Waals surface area contributed by atoms with Gasteiger partial charge in [0.2, 0.25) is 0 Å². The molecule has 0 fully saturated rings. The number of carbonyl (C=O) groups excluding carboxylic acids is 2. The van der Waals surface area contributed by atoms with Crippen LogP contribution < -0.4 is 9.84 Å².